The molecule has 7 nitrogen and oxygen atoms in total. The van der Waals surface area contributed by atoms with Crippen molar-refractivity contribution in [1.29, 1.82) is 0 Å². The number of halogens is 1. The molecule has 0 unspecified atom stereocenters. The van der Waals surface area contributed by atoms with Crippen molar-refractivity contribution in [3.63, 3.8) is 0 Å². The number of aromatic amines is 1. The molecule has 1 N–H and O–H groups in total. The lowest BCUT2D eigenvalue weighted by Gasteiger charge is -2.17. The number of rotatable bonds is 6. The third-order valence-electron chi connectivity index (χ3n) is 4.41. The molecule has 0 atom stereocenters. The van der Waals surface area contributed by atoms with Crippen LogP contribution in [0, 0.1) is 0 Å². The number of H-pyrrole nitrogens is 1. The van der Waals surface area contributed by atoms with E-state index in [1.165, 1.54) is 0 Å². The average Bonchev–Trinajstić information content (AvgIpc) is 3.16. The lowest BCUT2D eigenvalue weighted by atomic mass is 10.2. The van der Waals surface area contributed by atoms with E-state index in [0.29, 0.717) is 46.6 Å². The lowest BCUT2D eigenvalue weighted by molar-refractivity contribution is 0.224. The van der Waals surface area contributed by atoms with Gasteiger partial charge in [-0.3, -0.25) is 9.69 Å². The van der Waals surface area contributed by atoms with Crippen molar-refractivity contribution in [2.24, 2.45) is 0 Å². The van der Waals surface area contributed by atoms with Crippen molar-refractivity contribution in [2.75, 3.05) is 6.54 Å². The largest absolute Gasteiger partial charge is 0.338 e. The molecule has 2 aromatic heterocycles. The molecule has 0 amide bonds. The van der Waals surface area contributed by atoms with E-state index in [-0.39, 0.29) is 5.56 Å². The quantitative estimate of drug-likeness (QED) is 0.536. The van der Waals surface area contributed by atoms with Crippen LogP contribution in [0.3, 0.4) is 0 Å². The molecule has 0 bridgehead atoms. The Balaban J connectivity index is 1.51. The van der Waals surface area contributed by atoms with Crippen LogP contribution in [0.2, 0.25) is 5.02 Å². The number of nitrogens with one attached hydrogen (secondary N) is 1. The van der Waals surface area contributed by atoms with Crippen LogP contribution in [0.25, 0.3) is 22.3 Å². The number of nitrogens with zero attached hydrogens (tertiary/aromatic N) is 4. The van der Waals surface area contributed by atoms with Gasteiger partial charge < -0.3 is 9.51 Å². The Kier molecular flexibility index (Phi) is 5.18. The Bertz CT molecular complexity index is 1150. The van der Waals surface area contributed by atoms with Gasteiger partial charge in [0, 0.05) is 10.6 Å². The molecular formula is C20H18ClN5O2. The van der Waals surface area contributed by atoms with Crippen LogP contribution in [-0.4, -0.2) is 31.6 Å². The summed E-state index contributed by atoms with van der Waals surface area (Å²) in [5.41, 5.74) is 1.38. The van der Waals surface area contributed by atoms with Gasteiger partial charge in [-0.15, -0.1) is 0 Å². The summed E-state index contributed by atoms with van der Waals surface area (Å²) in [6, 6.07) is 14.6. The second kappa shape index (κ2) is 7.92. The van der Waals surface area contributed by atoms with E-state index in [1.54, 1.807) is 18.2 Å². The molecule has 4 aromatic rings. The molecule has 2 aromatic carbocycles. The molecule has 8 heteroatoms. The minimum atomic E-state index is -0.139. The second-order valence-corrected chi connectivity index (χ2v) is 6.79. The highest BCUT2D eigenvalue weighted by Gasteiger charge is 2.14. The molecule has 28 heavy (non-hydrogen) atoms. The molecular weight excluding hydrogens is 378 g/mol. The fourth-order valence-electron chi connectivity index (χ4n) is 2.93. The van der Waals surface area contributed by atoms with Crippen LogP contribution < -0.4 is 5.56 Å². The van der Waals surface area contributed by atoms with Gasteiger partial charge >= 0.3 is 0 Å². The number of fused-ring (bicyclic) bond motifs is 1. The molecule has 4 rings (SSSR count). The molecule has 0 saturated heterocycles. The van der Waals surface area contributed by atoms with Gasteiger partial charge in [-0.1, -0.05) is 35.8 Å². The Morgan fingerprint density at radius 2 is 1.86 bits per heavy atom. The number of hydrogen-bond acceptors (Lipinski definition) is 6. The van der Waals surface area contributed by atoms with Crippen molar-refractivity contribution in [1.82, 2.24) is 25.0 Å². The topological polar surface area (TPSA) is 87.9 Å². The first-order valence-corrected chi connectivity index (χ1v) is 9.29. The van der Waals surface area contributed by atoms with Crippen molar-refractivity contribution in [3.8, 4) is 11.4 Å². The summed E-state index contributed by atoms with van der Waals surface area (Å²) in [6.07, 6.45) is 0. The summed E-state index contributed by atoms with van der Waals surface area (Å²) < 4.78 is 5.39. The number of aromatic nitrogens is 4. The van der Waals surface area contributed by atoms with Gasteiger partial charge in [0.25, 0.3) is 5.56 Å². The smallest absolute Gasteiger partial charge is 0.258 e. The van der Waals surface area contributed by atoms with Crippen molar-refractivity contribution in [2.45, 2.75) is 20.0 Å². The standard InChI is InChI=1S/C20H18ClN5O2/c1-2-26(11-17-22-16-6-4-3-5-15(16)20(27)23-17)12-18-24-19(25-28-18)13-7-9-14(21)10-8-13/h3-10H,2,11-12H2,1H3,(H,22,23,27). The summed E-state index contributed by atoms with van der Waals surface area (Å²) in [4.78, 5) is 26.2. The van der Waals surface area contributed by atoms with E-state index in [0.717, 1.165) is 12.1 Å². The molecule has 0 radical (unpaired) electrons. The third kappa shape index (κ3) is 3.95. The molecule has 0 aliphatic heterocycles. The summed E-state index contributed by atoms with van der Waals surface area (Å²) >= 11 is 5.91. The predicted molar refractivity (Wildman–Crippen MR) is 107 cm³/mol. The summed E-state index contributed by atoms with van der Waals surface area (Å²) in [5, 5.41) is 5.27. The minimum Gasteiger partial charge on any atom is -0.338 e. The van der Waals surface area contributed by atoms with Crippen LogP contribution in [0.15, 0.2) is 57.8 Å². The summed E-state index contributed by atoms with van der Waals surface area (Å²) in [5.74, 6) is 1.61. The van der Waals surface area contributed by atoms with Gasteiger partial charge in [-0.25, -0.2) is 4.98 Å². The van der Waals surface area contributed by atoms with Crippen LogP contribution >= 0.6 is 11.6 Å². The van der Waals surface area contributed by atoms with Gasteiger partial charge in [0.2, 0.25) is 11.7 Å². The molecule has 0 saturated carbocycles. The van der Waals surface area contributed by atoms with Gasteiger partial charge in [0.15, 0.2) is 0 Å². The normalized spacial score (nSPS) is 11.4. The van der Waals surface area contributed by atoms with Gasteiger partial charge in [0.1, 0.15) is 5.82 Å². The Labute approximate surface area is 166 Å². The van der Waals surface area contributed by atoms with Crippen LogP contribution in [0.5, 0.6) is 0 Å². The van der Waals surface area contributed by atoms with Crippen molar-refractivity contribution >= 4 is 22.5 Å². The molecule has 0 aliphatic rings. The predicted octanol–water partition coefficient (Wildman–Crippen LogP) is 3.65. The maximum atomic E-state index is 12.2. The van der Waals surface area contributed by atoms with Crippen LogP contribution in [0.4, 0.5) is 0 Å². The highest BCUT2D eigenvalue weighted by molar-refractivity contribution is 6.30. The Morgan fingerprint density at radius 1 is 1.07 bits per heavy atom. The maximum absolute atomic E-state index is 12.2. The third-order valence-corrected chi connectivity index (χ3v) is 4.66. The van der Waals surface area contributed by atoms with E-state index in [4.69, 9.17) is 16.1 Å². The first-order chi connectivity index (χ1) is 13.6. The SMILES string of the molecule is CCN(Cc1nc2ccccc2c(=O)[nH]1)Cc1nc(-c2ccc(Cl)cc2)no1. The fourth-order valence-corrected chi connectivity index (χ4v) is 3.05. The highest BCUT2D eigenvalue weighted by Crippen LogP contribution is 2.19. The van der Waals surface area contributed by atoms with E-state index in [9.17, 15) is 4.79 Å². The molecule has 2 heterocycles. The van der Waals surface area contributed by atoms with E-state index >= 15 is 0 Å². The molecule has 0 fully saturated rings. The Morgan fingerprint density at radius 3 is 2.64 bits per heavy atom. The average molecular weight is 396 g/mol. The molecule has 0 spiro atoms. The first-order valence-electron chi connectivity index (χ1n) is 8.91. The number of hydrogen-bond donors (Lipinski definition) is 1. The van der Waals surface area contributed by atoms with Crippen LogP contribution in [-0.2, 0) is 13.1 Å². The van der Waals surface area contributed by atoms with E-state index < -0.39 is 0 Å². The highest BCUT2D eigenvalue weighted by atomic mass is 35.5. The molecule has 142 valence electrons. The van der Waals surface area contributed by atoms with Crippen LogP contribution in [0.1, 0.15) is 18.6 Å². The molecule has 0 aliphatic carbocycles. The second-order valence-electron chi connectivity index (χ2n) is 6.35. The Hall–Kier alpha value is -3.03. The van der Waals surface area contributed by atoms with Gasteiger partial charge in [0.05, 0.1) is 24.0 Å². The summed E-state index contributed by atoms with van der Waals surface area (Å²) in [7, 11) is 0. The minimum absolute atomic E-state index is 0.139. The van der Waals surface area contributed by atoms with Crippen molar-refractivity contribution in [3.05, 3.63) is 75.6 Å². The number of benzene rings is 2. The maximum Gasteiger partial charge on any atom is 0.258 e. The monoisotopic (exact) mass is 395 g/mol. The number of para-hydroxylation sites is 1. The van der Waals surface area contributed by atoms with E-state index in [1.807, 2.05) is 37.3 Å². The lowest BCUT2D eigenvalue weighted by Crippen LogP contribution is -2.25. The van der Waals surface area contributed by atoms with E-state index in [2.05, 4.69) is 25.0 Å². The van der Waals surface area contributed by atoms with Gasteiger partial charge in [-0.2, -0.15) is 4.98 Å². The zero-order chi connectivity index (χ0) is 19.5. The van der Waals surface area contributed by atoms with Crippen molar-refractivity contribution < 1.29 is 4.52 Å². The zero-order valence-corrected chi connectivity index (χ0v) is 16.0. The van der Waals surface area contributed by atoms with Gasteiger partial charge in [-0.05, 0) is 42.9 Å². The zero-order valence-electron chi connectivity index (χ0n) is 15.2. The summed E-state index contributed by atoms with van der Waals surface area (Å²) in [6.45, 7) is 3.67. The first kappa shape index (κ1) is 18.3. The fraction of sp³-hybridized carbons (Fsp3) is 0.200.